The van der Waals surface area contributed by atoms with E-state index in [2.05, 4.69) is 10.6 Å². The Balaban J connectivity index is 3.81. The minimum atomic E-state index is -1.52. The SMILES string of the molecule is CNC(=O)C(C)CNC(N)C(F)C=N. The summed E-state index contributed by atoms with van der Waals surface area (Å²) in [6, 6.07) is 0. The average molecular weight is 204 g/mol. The molecule has 5 nitrogen and oxygen atoms in total. The van der Waals surface area contributed by atoms with Crippen molar-refractivity contribution in [3.05, 3.63) is 0 Å². The lowest BCUT2D eigenvalue weighted by molar-refractivity contribution is -0.123. The van der Waals surface area contributed by atoms with E-state index in [4.69, 9.17) is 11.1 Å². The highest BCUT2D eigenvalue weighted by Crippen LogP contribution is 1.94. The summed E-state index contributed by atoms with van der Waals surface area (Å²) in [5, 5.41) is 11.8. The van der Waals surface area contributed by atoms with Gasteiger partial charge in [0.05, 0.1) is 6.17 Å². The van der Waals surface area contributed by atoms with Crippen molar-refractivity contribution in [2.45, 2.75) is 19.3 Å². The van der Waals surface area contributed by atoms with Gasteiger partial charge in [-0.25, -0.2) is 4.39 Å². The molecule has 0 aromatic rings. The third-order valence-corrected chi connectivity index (χ3v) is 1.86. The van der Waals surface area contributed by atoms with Gasteiger partial charge >= 0.3 is 0 Å². The van der Waals surface area contributed by atoms with E-state index < -0.39 is 12.3 Å². The Morgan fingerprint density at radius 1 is 1.71 bits per heavy atom. The van der Waals surface area contributed by atoms with Gasteiger partial charge in [0.1, 0.15) is 0 Å². The van der Waals surface area contributed by atoms with Crippen LogP contribution < -0.4 is 16.4 Å². The van der Waals surface area contributed by atoms with Crippen molar-refractivity contribution in [2.75, 3.05) is 13.6 Å². The van der Waals surface area contributed by atoms with Gasteiger partial charge in [-0.05, 0) is 0 Å². The largest absolute Gasteiger partial charge is 0.359 e. The molecular formula is C8H17FN4O. The molecule has 3 atom stereocenters. The quantitative estimate of drug-likeness (QED) is 0.338. The summed E-state index contributed by atoms with van der Waals surface area (Å²) in [5.74, 6) is -0.404. The van der Waals surface area contributed by atoms with Gasteiger partial charge in [-0.3, -0.25) is 10.1 Å². The number of carbonyl (C=O) groups is 1. The van der Waals surface area contributed by atoms with Gasteiger partial charge in [0.15, 0.2) is 6.17 Å². The van der Waals surface area contributed by atoms with Crippen LogP contribution in [0.25, 0.3) is 0 Å². The number of nitrogens with one attached hydrogen (secondary N) is 3. The molecule has 5 N–H and O–H groups in total. The normalized spacial score (nSPS) is 16.9. The van der Waals surface area contributed by atoms with Gasteiger partial charge in [-0.1, -0.05) is 6.92 Å². The second-order valence-corrected chi connectivity index (χ2v) is 3.06. The molecule has 0 aliphatic heterocycles. The molecule has 0 radical (unpaired) electrons. The lowest BCUT2D eigenvalue weighted by Crippen LogP contribution is -2.48. The van der Waals surface area contributed by atoms with Crippen LogP contribution >= 0.6 is 0 Å². The van der Waals surface area contributed by atoms with Gasteiger partial charge in [-0.2, -0.15) is 0 Å². The molecule has 6 heteroatoms. The Hall–Kier alpha value is -1.01. The van der Waals surface area contributed by atoms with Gasteiger partial charge in [0.2, 0.25) is 5.91 Å². The molecule has 0 spiro atoms. The Morgan fingerprint density at radius 2 is 2.29 bits per heavy atom. The van der Waals surface area contributed by atoms with Crippen LogP contribution in [-0.4, -0.2) is 38.1 Å². The highest BCUT2D eigenvalue weighted by Gasteiger charge is 2.16. The maximum absolute atomic E-state index is 12.7. The lowest BCUT2D eigenvalue weighted by Gasteiger charge is -2.17. The smallest absolute Gasteiger partial charge is 0.223 e. The first kappa shape index (κ1) is 13.0. The monoisotopic (exact) mass is 204 g/mol. The van der Waals surface area contributed by atoms with E-state index in [1.807, 2.05) is 0 Å². The maximum atomic E-state index is 12.7. The van der Waals surface area contributed by atoms with Crippen molar-refractivity contribution >= 4 is 12.1 Å². The maximum Gasteiger partial charge on any atom is 0.223 e. The van der Waals surface area contributed by atoms with Crippen LogP contribution in [0.5, 0.6) is 0 Å². The highest BCUT2D eigenvalue weighted by atomic mass is 19.1. The Kier molecular flexibility index (Phi) is 5.98. The van der Waals surface area contributed by atoms with Crippen LogP contribution in [0.3, 0.4) is 0 Å². The zero-order valence-corrected chi connectivity index (χ0v) is 8.38. The van der Waals surface area contributed by atoms with E-state index in [0.29, 0.717) is 6.21 Å². The summed E-state index contributed by atoms with van der Waals surface area (Å²) in [6.07, 6.45) is -1.83. The molecule has 0 aliphatic carbocycles. The summed E-state index contributed by atoms with van der Waals surface area (Å²) in [7, 11) is 1.54. The van der Waals surface area contributed by atoms with Crippen LogP contribution in [0.15, 0.2) is 0 Å². The number of alkyl halides is 1. The predicted molar refractivity (Wildman–Crippen MR) is 52.9 cm³/mol. The van der Waals surface area contributed by atoms with E-state index in [0.717, 1.165) is 0 Å². The molecule has 0 bridgehead atoms. The van der Waals surface area contributed by atoms with Crippen molar-refractivity contribution in [3.8, 4) is 0 Å². The second kappa shape index (κ2) is 6.44. The van der Waals surface area contributed by atoms with Crippen molar-refractivity contribution in [1.82, 2.24) is 10.6 Å². The minimum Gasteiger partial charge on any atom is -0.359 e. The Morgan fingerprint density at radius 3 is 2.71 bits per heavy atom. The Labute approximate surface area is 82.7 Å². The van der Waals surface area contributed by atoms with Gasteiger partial charge in [0, 0.05) is 25.7 Å². The van der Waals surface area contributed by atoms with Crippen molar-refractivity contribution in [2.24, 2.45) is 11.7 Å². The fourth-order valence-corrected chi connectivity index (χ4v) is 0.868. The molecule has 3 unspecified atom stereocenters. The predicted octanol–water partition coefficient (Wildman–Crippen LogP) is -0.769. The molecule has 0 aliphatic rings. The Bertz CT molecular complexity index is 200. The van der Waals surface area contributed by atoms with E-state index >= 15 is 0 Å². The van der Waals surface area contributed by atoms with E-state index in [-0.39, 0.29) is 18.4 Å². The van der Waals surface area contributed by atoms with Crippen LogP contribution in [-0.2, 0) is 4.79 Å². The number of nitrogens with two attached hydrogens (primary N) is 1. The van der Waals surface area contributed by atoms with Crippen LogP contribution in [0, 0.1) is 11.3 Å². The summed E-state index contributed by atoms with van der Waals surface area (Å²) >= 11 is 0. The number of amides is 1. The molecule has 14 heavy (non-hydrogen) atoms. The van der Waals surface area contributed by atoms with E-state index in [1.165, 1.54) is 7.05 Å². The fourth-order valence-electron chi connectivity index (χ4n) is 0.868. The number of hydrogen-bond acceptors (Lipinski definition) is 4. The third-order valence-electron chi connectivity index (χ3n) is 1.86. The van der Waals surface area contributed by atoms with Crippen molar-refractivity contribution in [3.63, 3.8) is 0 Å². The standard InChI is InChI=1S/C8H17FN4O/c1-5(8(14)12-2)4-13-7(11)6(9)3-10/h3,5-7,10,13H,4,11H2,1-2H3,(H,12,14). The van der Waals surface area contributed by atoms with Gasteiger partial charge in [0.25, 0.3) is 0 Å². The number of hydrogen-bond donors (Lipinski definition) is 4. The molecule has 0 rings (SSSR count). The first-order chi connectivity index (χ1) is 6.52. The molecular weight excluding hydrogens is 187 g/mol. The summed E-state index contributed by atoms with van der Waals surface area (Å²) in [5.41, 5.74) is 5.35. The molecule has 0 aromatic carbocycles. The first-order valence-corrected chi connectivity index (χ1v) is 4.38. The van der Waals surface area contributed by atoms with Crippen molar-refractivity contribution in [1.29, 1.82) is 5.41 Å². The average Bonchev–Trinajstić information content (AvgIpc) is 2.22. The van der Waals surface area contributed by atoms with Gasteiger partial charge in [-0.15, -0.1) is 0 Å². The number of halogens is 1. The molecule has 0 heterocycles. The molecule has 0 aromatic heterocycles. The van der Waals surface area contributed by atoms with Crippen molar-refractivity contribution < 1.29 is 9.18 Å². The zero-order valence-electron chi connectivity index (χ0n) is 8.38. The van der Waals surface area contributed by atoms with E-state index in [9.17, 15) is 9.18 Å². The lowest BCUT2D eigenvalue weighted by atomic mass is 10.1. The molecule has 0 saturated carbocycles. The minimum absolute atomic E-state index is 0.130. The third kappa shape index (κ3) is 4.29. The van der Waals surface area contributed by atoms with Crippen LogP contribution in [0.4, 0.5) is 4.39 Å². The van der Waals surface area contributed by atoms with Crippen LogP contribution in [0.1, 0.15) is 6.92 Å². The van der Waals surface area contributed by atoms with Crippen LogP contribution in [0.2, 0.25) is 0 Å². The first-order valence-electron chi connectivity index (χ1n) is 4.38. The zero-order chi connectivity index (χ0) is 11.1. The molecule has 0 saturated heterocycles. The number of rotatable bonds is 6. The fraction of sp³-hybridized carbons (Fsp3) is 0.750. The molecule has 0 fully saturated rings. The summed E-state index contributed by atoms with van der Waals surface area (Å²) < 4.78 is 12.7. The molecule has 1 amide bonds. The van der Waals surface area contributed by atoms with Gasteiger partial charge < -0.3 is 16.5 Å². The topological polar surface area (TPSA) is 91.0 Å². The number of carbonyl (C=O) groups excluding carboxylic acids is 1. The highest BCUT2D eigenvalue weighted by molar-refractivity contribution is 5.78. The summed E-state index contributed by atoms with van der Waals surface area (Å²) in [4.78, 5) is 11.0. The summed E-state index contributed by atoms with van der Waals surface area (Å²) in [6.45, 7) is 1.99. The molecule has 82 valence electrons. The van der Waals surface area contributed by atoms with E-state index in [1.54, 1.807) is 6.92 Å². The second-order valence-electron chi connectivity index (χ2n) is 3.06.